The van der Waals surface area contributed by atoms with Crippen molar-refractivity contribution >= 4 is 24.0 Å². The molecule has 1 aromatic rings. The number of ether oxygens (including phenoxy) is 1. The third-order valence-corrected chi connectivity index (χ3v) is 3.75. The van der Waals surface area contributed by atoms with E-state index in [1.165, 1.54) is 12.1 Å². The van der Waals surface area contributed by atoms with E-state index in [0.29, 0.717) is 12.2 Å². The summed E-state index contributed by atoms with van der Waals surface area (Å²) in [6, 6.07) is 5.98. The van der Waals surface area contributed by atoms with Crippen LogP contribution in [0, 0.1) is 5.41 Å². The van der Waals surface area contributed by atoms with Crippen LogP contribution in [0.15, 0.2) is 24.3 Å². The molecule has 0 bridgehead atoms. The van der Waals surface area contributed by atoms with E-state index < -0.39 is 12.0 Å². The predicted octanol–water partition coefficient (Wildman–Crippen LogP) is 3.17. The van der Waals surface area contributed by atoms with Crippen molar-refractivity contribution in [2.24, 2.45) is 11.1 Å². The number of nitrogens with one attached hydrogen (secondary N) is 1. The maximum atomic E-state index is 12.3. The fourth-order valence-corrected chi connectivity index (χ4v) is 2.59. The van der Waals surface area contributed by atoms with Crippen LogP contribution in [0.25, 0.3) is 0 Å². The average Bonchev–Trinajstić information content (AvgIpc) is 2.88. The highest BCUT2D eigenvalue weighted by Gasteiger charge is 2.39. The van der Waals surface area contributed by atoms with Crippen molar-refractivity contribution in [2.75, 3.05) is 11.9 Å². The summed E-state index contributed by atoms with van der Waals surface area (Å²) in [6.07, 6.45) is 3.50. The molecule has 1 aliphatic rings. The molecule has 0 radical (unpaired) electrons. The molecule has 2 rings (SSSR count). The van der Waals surface area contributed by atoms with Crippen molar-refractivity contribution in [3.63, 3.8) is 0 Å². The van der Waals surface area contributed by atoms with Crippen LogP contribution in [-0.2, 0) is 4.79 Å². The Balaban J connectivity index is 0.00000220. The van der Waals surface area contributed by atoms with Gasteiger partial charge in [0.1, 0.15) is 5.75 Å². The van der Waals surface area contributed by atoms with Gasteiger partial charge in [0, 0.05) is 18.3 Å². The molecule has 0 aromatic heterocycles. The van der Waals surface area contributed by atoms with Crippen LogP contribution in [-0.4, -0.2) is 19.1 Å². The fourth-order valence-electron chi connectivity index (χ4n) is 2.59. The van der Waals surface area contributed by atoms with Gasteiger partial charge in [-0.3, -0.25) is 4.79 Å². The van der Waals surface area contributed by atoms with Gasteiger partial charge in [0.15, 0.2) is 0 Å². The van der Waals surface area contributed by atoms with Crippen molar-refractivity contribution in [1.29, 1.82) is 0 Å². The summed E-state index contributed by atoms with van der Waals surface area (Å²) < 4.78 is 28.6. The molecule has 21 heavy (non-hydrogen) atoms. The van der Waals surface area contributed by atoms with E-state index in [1.807, 2.05) is 0 Å². The first-order valence-electron chi connectivity index (χ1n) is 6.62. The number of carbonyl (C=O) groups is 1. The number of carbonyl (C=O) groups excluding carboxylic acids is 1. The lowest BCUT2D eigenvalue weighted by atomic mass is 9.85. The van der Waals surface area contributed by atoms with Gasteiger partial charge in [-0.15, -0.1) is 12.4 Å². The third kappa shape index (κ3) is 4.28. The van der Waals surface area contributed by atoms with E-state index in [2.05, 4.69) is 10.1 Å². The molecule has 4 nitrogen and oxygen atoms in total. The van der Waals surface area contributed by atoms with Gasteiger partial charge in [-0.2, -0.15) is 8.78 Å². The molecular weight excluding hydrogens is 302 g/mol. The summed E-state index contributed by atoms with van der Waals surface area (Å²) in [5.41, 5.74) is 5.64. The minimum absolute atomic E-state index is 0. The Morgan fingerprint density at radius 3 is 2.62 bits per heavy atom. The Hall–Kier alpha value is -1.40. The van der Waals surface area contributed by atoms with Crippen LogP contribution in [0.1, 0.15) is 25.7 Å². The first-order chi connectivity index (χ1) is 9.55. The van der Waals surface area contributed by atoms with Crippen molar-refractivity contribution in [1.82, 2.24) is 0 Å². The van der Waals surface area contributed by atoms with Gasteiger partial charge in [0.05, 0.1) is 5.41 Å². The smallest absolute Gasteiger partial charge is 0.387 e. The summed E-state index contributed by atoms with van der Waals surface area (Å²) in [6.45, 7) is -2.59. The lowest BCUT2D eigenvalue weighted by Gasteiger charge is -2.25. The molecule has 3 N–H and O–H groups in total. The van der Waals surface area contributed by atoms with Crippen molar-refractivity contribution in [2.45, 2.75) is 32.3 Å². The van der Waals surface area contributed by atoms with Gasteiger partial charge in [-0.25, -0.2) is 0 Å². The zero-order chi connectivity index (χ0) is 14.6. The van der Waals surface area contributed by atoms with E-state index in [-0.39, 0.29) is 24.1 Å². The molecule has 1 aromatic carbocycles. The van der Waals surface area contributed by atoms with Gasteiger partial charge in [-0.1, -0.05) is 18.9 Å². The van der Waals surface area contributed by atoms with Crippen molar-refractivity contribution < 1.29 is 18.3 Å². The van der Waals surface area contributed by atoms with E-state index >= 15 is 0 Å². The molecular formula is C14H19ClF2N2O2. The monoisotopic (exact) mass is 320 g/mol. The van der Waals surface area contributed by atoms with Crippen LogP contribution >= 0.6 is 12.4 Å². The van der Waals surface area contributed by atoms with Gasteiger partial charge in [0.2, 0.25) is 5.91 Å². The van der Waals surface area contributed by atoms with Gasteiger partial charge in [-0.05, 0) is 25.0 Å². The lowest BCUT2D eigenvalue weighted by Crippen LogP contribution is -2.40. The van der Waals surface area contributed by atoms with Crippen molar-refractivity contribution in [3.05, 3.63) is 24.3 Å². The summed E-state index contributed by atoms with van der Waals surface area (Å²) in [5, 5.41) is 2.75. The number of hydrogen-bond donors (Lipinski definition) is 2. The topological polar surface area (TPSA) is 64.4 Å². The predicted molar refractivity (Wildman–Crippen MR) is 78.9 cm³/mol. The molecule has 7 heteroatoms. The van der Waals surface area contributed by atoms with E-state index in [1.54, 1.807) is 12.1 Å². The highest BCUT2D eigenvalue weighted by atomic mass is 35.5. The molecule has 1 aliphatic carbocycles. The van der Waals surface area contributed by atoms with Crippen LogP contribution in [0.2, 0.25) is 0 Å². The Morgan fingerprint density at radius 1 is 1.38 bits per heavy atom. The Bertz CT molecular complexity index is 480. The maximum Gasteiger partial charge on any atom is 0.387 e. The standard InChI is InChI=1S/C14H18F2N2O2.ClH/c15-13(16)20-11-5-3-4-10(8-11)18-12(19)14(9-17)6-1-2-7-14;/h3-5,8,13H,1-2,6-7,9,17H2,(H,18,19);1H. The van der Waals surface area contributed by atoms with Gasteiger partial charge in [0.25, 0.3) is 0 Å². The van der Waals surface area contributed by atoms with Crippen LogP contribution in [0.3, 0.4) is 0 Å². The zero-order valence-electron chi connectivity index (χ0n) is 11.5. The highest BCUT2D eigenvalue weighted by molar-refractivity contribution is 5.95. The van der Waals surface area contributed by atoms with Crippen molar-refractivity contribution in [3.8, 4) is 5.75 Å². The maximum absolute atomic E-state index is 12.3. The number of rotatable bonds is 5. The first-order valence-corrected chi connectivity index (χ1v) is 6.62. The summed E-state index contributed by atoms with van der Waals surface area (Å²) in [5.74, 6) is -0.127. The first kappa shape index (κ1) is 17.7. The fraction of sp³-hybridized carbons (Fsp3) is 0.500. The summed E-state index contributed by atoms with van der Waals surface area (Å²) in [7, 11) is 0. The highest BCUT2D eigenvalue weighted by Crippen LogP contribution is 2.38. The van der Waals surface area contributed by atoms with E-state index in [9.17, 15) is 13.6 Å². The molecule has 1 saturated carbocycles. The largest absolute Gasteiger partial charge is 0.435 e. The molecule has 0 aliphatic heterocycles. The number of anilines is 1. The number of halogens is 3. The molecule has 1 fully saturated rings. The second-order valence-corrected chi connectivity index (χ2v) is 5.05. The Kier molecular flexibility index (Phi) is 6.36. The molecule has 0 spiro atoms. The second kappa shape index (κ2) is 7.56. The number of amides is 1. The second-order valence-electron chi connectivity index (χ2n) is 5.05. The molecule has 0 heterocycles. The quantitative estimate of drug-likeness (QED) is 0.876. The number of benzene rings is 1. The van der Waals surface area contributed by atoms with Crippen LogP contribution in [0.5, 0.6) is 5.75 Å². The normalized spacial score (nSPS) is 16.4. The Labute approximate surface area is 128 Å². The lowest BCUT2D eigenvalue weighted by molar-refractivity contribution is -0.124. The third-order valence-electron chi connectivity index (χ3n) is 3.75. The number of nitrogens with two attached hydrogens (primary N) is 1. The molecule has 0 atom stereocenters. The molecule has 118 valence electrons. The number of alkyl halides is 2. The summed E-state index contributed by atoms with van der Waals surface area (Å²) >= 11 is 0. The van der Waals surface area contributed by atoms with E-state index in [4.69, 9.17) is 5.73 Å². The molecule has 0 saturated heterocycles. The Morgan fingerprint density at radius 2 is 2.05 bits per heavy atom. The SMILES string of the molecule is Cl.NCC1(C(=O)Nc2cccc(OC(F)F)c2)CCCC1. The minimum Gasteiger partial charge on any atom is -0.435 e. The zero-order valence-corrected chi connectivity index (χ0v) is 12.3. The minimum atomic E-state index is -2.88. The van der Waals surface area contributed by atoms with Gasteiger partial charge < -0.3 is 15.8 Å². The van der Waals surface area contributed by atoms with Crippen LogP contribution in [0.4, 0.5) is 14.5 Å². The van der Waals surface area contributed by atoms with E-state index in [0.717, 1.165) is 25.7 Å². The average molecular weight is 321 g/mol. The number of hydrogen-bond acceptors (Lipinski definition) is 3. The molecule has 0 unspecified atom stereocenters. The van der Waals surface area contributed by atoms with Crippen LogP contribution < -0.4 is 15.8 Å². The molecule has 1 amide bonds. The van der Waals surface area contributed by atoms with Gasteiger partial charge >= 0.3 is 6.61 Å². The summed E-state index contributed by atoms with van der Waals surface area (Å²) in [4.78, 5) is 12.3.